The van der Waals surface area contributed by atoms with Crippen molar-refractivity contribution in [2.24, 2.45) is 0 Å². The van der Waals surface area contributed by atoms with Crippen LogP contribution < -0.4 is 23.7 Å². The van der Waals surface area contributed by atoms with E-state index < -0.39 is 0 Å². The van der Waals surface area contributed by atoms with Crippen molar-refractivity contribution in [3.05, 3.63) is 70.9 Å². The monoisotopic (exact) mass is 524 g/mol. The van der Waals surface area contributed by atoms with Gasteiger partial charge in [-0.2, -0.15) is 4.57 Å². The third-order valence-electron chi connectivity index (χ3n) is 8.48. The van der Waals surface area contributed by atoms with Gasteiger partial charge in [-0.3, -0.25) is 4.90 Å². The lowest BCUT2D eigenvalue weighted by Gasteiger charge is -2.37. The number of pyridine rings is 1. The summed E-state index contributed by atoms with van der Waals surface area (Å²) in [5, 5.41) is 13.0. The highest BCUT2D eigenvalue weighted by atomic mass is 16.7. The van der Waals surface area contributed by atoms with Gasteiger partial charge in [0.25, 0.3) is 0 Å². The van der Waals surface area contributed by atoms with Crippen LogP contribution in [0.1, 0.15) is 22.3 Å². The van der Waals surface area contributed by atoms with Crippen molar-refractivity contribution >= 4 is 16.5 Å². The molecule has 39 heavy (non-hydrogen) atoms. The number of ether oxygens (including phenoxy) is 3. The average Bonchev–Trinajstić information content (AvgIpc) is 3.41. The third-order valence-corrected chi connectivity index (χ3v) is 8.48. The van der Waals surface area contributed by atoms with Crippen LogP contribution in [0.2, 0.25) is 0 Å². The number of benzene rings is 3. The van der Waals surface area contributed by atoms with E-state index in [2.05, 4.69) is 70.8 Å². The Labute approximate surface area is 228 Å². The zero-order valence-electron chi connectivity index (χ0n) is 22.8. The number of hydrogen-bond acceptors (Lipinski definition) is 6. The van der Waals surface area contributed by atoms with Gasteiger partial charge in [-0.1, -0.05) is 17.7 Å². The number of phenolic OH excluding ortho intramolecular Hbond substituents is 1. The molecule has 0 aliphatic carbocycles. The van der Waals surface area contributed by atoms with Crippen LogP contribution in [0.4, 0.5) is 5.69 Å². The van der Waals surface area contributed by atoms with Gasteiger partial charge in [-0.05, 0) is 54.8 Å². The summed E-state index contributed by atoms with van der Waals surface area (Å²) in [6, 6.07) is 15.2. The second-order valence-electron chi connectivity index (χ2n) is 10.9. The molecule has 7 heteroatoms. The molecule has 200 valence electrons. The Balaban J connectivity index is 1.23. The highest BCUT2D eigenvalue weighted by Gasteiger charge is 2.30. The first-order chi connectivity index (χ1) is 19.0. The van der Waals surface area contributed by atoms with E-state index in [1.807, 2.05) is 6.07 Å². The van der Waals surface area contributed by atoms with Gasteiger partial charge in [-0.15, -0.1) is 0 Å². The minimum atomic E-state index is 0.197. The Bertz CT molecular complexity index is 1610. The van der Waals surface area contributed by atoms with Crippen molar-refractivity contribution in [3.63, 3.8) is 0 Å². The van der Waals surface area contributed by atoms with E-state index >= 15 is 0 Å². The summed E-state index contributed by atoms with van der Waals surface area (Å²) >= 11 is 0. The van der Waals surface area contributed by atoms with Gasteiger partial charge in [0.2, 0.25) is 12.5 Å². The van der Waals surface area contributed by atoms with Crippen LogP contribution in [0, 0.1) is 13.8 Å². The molecule has 1 fully saturated rings. The molecule has 0 amide bonds. The number of aromatic nitrogens is 1. The maximum atomic E-state index is 11.1. The van der Waals surface area contributed by atoms with Crippen molar-refractivity contribution < 1.29 is 23.9 Å². The molecular formula is C32H34N3O4+. The molecule has 0 spiro atoms. The first-order valence-corrected chi connectivity index (χ1v) is 13.7. The predicted molar refractivity (Wildman–Crippen MR) is 151 cm³/mol. The van der Waals surface area contributed by atoms with E-state index in [0.717, 1.165) is 84.8 Å². The number of nitrogens with zero attached hydrogens (tertiary/aromatic N) is 3. The first kappa shape index (κ1) is 24.1. The standard InChI is InChI=1S/C32H33N3O4/c1-20-4-5-27(21(2)12-20)34-10-8-33(9-11-34)17-23-14-31(37-3)32(36)26-18-35-7-6-22-13-29-30(39-19-38-29)16-25(22)28(35)15-24(23)26/h4-5,12-16,18H,6-11,17,19H2,1-3H3/p+1. The van der Waals surface area contributed by atoms with E-state index in [-0.39, 0.29) is 12.5 Å². The summed E-state index contributed by atoms with van der Waals surface area (Å²) in [5.41, 5.74) is 8.69. The van der Waals surface area contributed by atoms with E-state index in [4.69, 9.17) is 14.2 Å². The van der Waals surface area contributed by atoms with E-state index in [1.165, 1.54) is 22.4 Å². The Kier molecular flexibility index (Phi) is 5.77. The average molecular weight is 525 g/mol. The largest absolute Gasteiger partial charge is 0.504 e. The molecule has 0 atom stereocenters. The molecule has 3 aromatic carbocycles. The molecule has 0 bridgehead atoms. The molecule has 0 saturated carbocycles. The van der Waals surface area contributed by atoms with Gasteiger partial charge >= 0.3 is 0 Å². The number of anilines is 1. The number of phenols is 1. The number of rotatable bonds is 4. The summed E-state index contributed by atoms with van der Waals surface area (Å²) in [7, 11) is 1.62. The lowest BCUT2D eigenvalue weighted by atomic mass is 9.94. The zero-order chi connectivity index (χ0) is 26.7. The highest BCUT2D eigenvalue weighted by Crippen LogP contribution is 2.42. The van der Waals surface area contributed by atoms with E-state index in [0.29, 0.717) is 5.75 Å². The van der Waals surface area contributed by atoms with Crippen LogP contribution in [0.5, 0.6) is 23.0 Å². The summed E-state index contributed by atoms with van der Waals surface area (Å²) in [6.45, 7) is 10.2. The number of aryl methyl sites for hydroxylation is 4. The van der Waals surface area contributed by atoms with E-state index in [1.54, 1.807) is 7.11 Å². The van der Waals surface area contributed by atoms with Crippen molar-refractivity contribution in [2.45, 2.75) is 33.4 Å². The molecule has 3 aliphatic rings. The lowest BCUT2D eigenvalue weighted by molar-refractivity contribution is -0.686. The molecule has 4 aromatic rings. The molecular weight excluding hydrogens is 490 g/mol. The molecule has 1 aromatic heterocycles. The zero-order valence-corrected chi connectivity index (χ0v) is 22.8. The van der Waals surface area contributed by atoms with Crippen LogP contribution >= 0.6 is 0 Å². The number of fused-ring (bicyclic) bond motifs is 5. The van der Waals surface area contributed by atoms with Crippen molar-refractivity contribution in [1.82, 2.24) is 4.90 Å². The minimum absolute atomic E-state index is 0.197. The van der Waals surface area contributed by atoms with Gasteiger partial charge in [-0.25, -0.2) is 0 Å². The predicted octanol–water partition coefficient (Wildman–Crippen LogP) is 4.73. The normalized spacial score (nSPS) is 16.3. The third kappa shape index (κ3) is 4.12. The number of methoxy groups -OCH3 is 1. The molecule has 7 rings (SSSR count). The Morgan fingerprint density at radius 3 is 2.51 bits per heavy atom. The van der Waals surface area contributed by atoms with Crippen molar-refractivity contribution in [2.75, 3.05) is 45.0 Å². The summed E-state index contributed by atoms with van der Waals surface area (Å²) in [6.07, 6.45) is 2.98. The molecule has 3 aliphatic heterocycles. The fraction of sp³-hybridized carbons (Fsp3) is 0.344. The smallest absolute Gasteiger partial charge is 0.231 e. The van der Waals surface area contributed by atoms with Gasteiger partial charge in [0, 0.05) is 56.3 Å². The Hall–Kier alpha value is -3.97. The maximum absolute atomic E-state index is 11.1. The molecule has 4 heterocycles. The van der Waals surface area contributed by atoms with Gasteiger partial charge in [0.05, 0.1) is 18.1 Å². The molecule has 1 saturated heterocycles. The summed E-state index contributed by atoms with van der Waals surface area (Å²) in [4.78, 5) is 5.00. The summed E-state index contributed by atoms with van der Waals surface area (Å²) in [5.74, 6) is 2.34. The quantitative estimate of drug-likeness (QED) is 0.390. The SMILES string of the molecule is COc1cc(CN2CCN(c3ccc(C)cc3C)CC2)c2cc3[n+](cc2c1O)CCc1cc2c(cc1-3)OCO2. The minimum Gasteiger partial charge on any atom is -0.504 e. The van der Waals surface area contributed by atoms with Gasteiger partial charge < -0.3 is 24.2 Å². The molecule has 0 unspecified atom stereocenters. The molecule has 7 nitrogen and oxygen atoms in total. The topological polar surface area (TPSA) is 58.3 Å². The van der Waals surface area contributed by atoms with Crippen LogP contribution in [0.3, 0.4) is 0 Å². The number of piperazine rings is 1. The van der Waals surface area contributed by atoms with Crippen LogP contribution in [0.25, 0.3) is 22.0 Å². The van der Waals surface area contributed by atoms with Crippen LogP contribution in [0.15, 0.2) is 48.7 Å². The molecule has 0 radical (unpaired) electrons. The molecule has 1 N–H and O–H groups in total. The van der Waals surface area contributed by atoms with Gasteiger partial charge in [0.15, 0.2) is 35.7 Å². The van der Waals surface area contributed by atoms with Crippen LogP contribution in [-0.2, 0) is 19.5 Å². The van der Waals surface area contributed by atoms with Crippen LogP contribution in [-0.4, -0.2) is 50.1 Å². The fourth-order valence-corrected chi connectivity index (χ4v) is 6.41. The second kappa shape index (κ2) is 9.35. The Morgan fingerprint density at radius 1 is 0.949 bits per heavy atom. The second-order valence-corrected chi connectivity index (χ2v) is 10.9. The van der Waals surface area contributed by atoms with E-state index in [9.17, 15) is 5.11 Å². The van der Waals surface area contributed by atoms with Gasteiger partial charge in [0.1, 0.15) is 0 Å². The van der Waals surface area contributed by atoms with Crippen molar-refractivity contribution in [3.8, 4) is 34.3 Å². The lowest BCUT2D eigenvalue weighted by Crippen LogP contribution is -2.46. The first-order valence-electron chi connectivity index (χ1n) is 13.7. The van der Waals surface area contributed by atoms with Crippen molar-refractivity contribution in [1.29, 1.82) is 0 Å². The summed E-state index contributed by atoms with van der Waals surface area (Å²) < 4.78 is 19.2. The highest BCUT2D eigenvalue weighted by molar-refractivity contribution is 5.94. The maximum Gasteiger partial charge on any atom is 0.231 e. The number of aromatic hydroxyl groups is 1. The Morgan fingerprint density at radius 2 is 1.74 bits per heavy atom. The number of hydrogen-bond donors (Lipinski definition) is 1. The fourth-order valence-electron chi connectivity index (χ4n) is 6.41.